The maximum Gasteiger partial charge on any atom is 0.426 e. The normalized spacial score (nSPS) is 22.8. The van der Waals surface area contributed by atoms with Crippen molar-refractivity contribution in [1.29, 1.82) is 0 Å². The summed E-state index contributed by atoms with van der Waals surface area (Å²) < 4.78 is 38.0. The first kappa shape index (κ1) is 13.9. The summed E-state index contributed by atoms with van der Waals surface area (Å²) in [6, 6.07) is 0. The molecular formula is C11H14F3N3O2. The molecule has 19 heavy (non-hydrogen) atoms. The number of aliphatic hydroxyl groups is 1. The first-order chi connectivity index (χ1) is 8.64. The molecule has 8 heteroatoms. The summed E-state index contributed by atoms with van der Waals surface area (Å²) >= 11 is 0. The summed E-state index contributed by atoms with van der Waals surface area (Å²) in [5, 5.41) is 16.0. The Morgan fingerprint density at radius 1 is 1.58 bits per heavy atom. The monoisotopic (exact) mass is 277 g/mol. The molecule has 0 spiro atoms. The minimum absolute atomic E-state index is 0.0151. The summed E-state index contributed by atoms with van der Waals surface area (Å²) in [5.41, 5.74) is -1.88. The van der Waals surface area contributed by atoms with Crippen molar-refractivity contribution in [3.8, 4) is 0 Å². The van der Waals surface area contributed by atoms with Crippen molar-refractivity contribution in [2.24, 2.45) is 0 Å². The van der Waals surface area contributed by atoms with Crippen LogP contribution in [0.15, 0.2) is 6.20 Å². The summed E-state index contributed by atoms with van der Waals surface area (Å²) in [4.78, 5) is 12.9. The van der Waals surface area contributed by atoms with Gasteiger partial charge in [0.25, 0.3) is 5.91 Å². The van der Waals surface area contributed by atoms with Gasteiger partial charge in [-0.05, 0) is 6.92 Å². The van der Waals surface area contributed by atoms with E-state index in [-0.39, 0.29) is 19.0 Å². The van der Waals surface area contributed by atoms with Crippen LogP contribution in [0.25, 0.3) is 0 Å². The van der Waals surface area contributed by atoms with Crippen molar-refractivity contribution < 1.29 is 23.1 Å². The Kier molecular flexibility index (Phi) is 3.08. The molecule has 0 aliphatic carbocycles. The molecule has 2 unspecified atom stereocenters. The molecule has 2 atom stereocenters. The van der Waals surface area contributed by atoms with Gasteiger partial charge in [0, 0.05) is 30.3 Å². The number of H-pyrrole nitrogens is 1. The summed E-state index contributed by atoms with van der Waals surface area (Å²) in [7, 11) is 0. The van der Waals surface area contributed by atoms with Crippen LogP contribution in [-0.2, 0) is 11.3 Å². The van der Waals surface area contributed by atoms with E-state index in [1.54, 1.807) is 6.92 Å². The van der Waals surface area contributed by atoms with Gasteiger partial charge < -0.3 is 10.0 Å². The number of amides is 1. The van der Waals surface area contributed by atoms with Crippen LogP contribution in [0.4, 0.5) is 13.2 Å². The predicted molar refractivity (Wildman–Crippen MR) is 59.1 cm³/mol. The van der Waals surface area contributed by atoms with Gasteiger partial charge in [0.2, 0.25) is 5.60 Å². The van der Waals surface area contributed by atoms with Gasteiger partial charge in [-0.15, -0.1) is 0 Å². The van der Waals surface area contributed by atoms with Crippen LogP contribution in [0.3, 0.4) is 0 Å². The number of carbonyl (C=O) groups excluding carboxylic acids is 1. The lowest BCUT2D eigenvalue weighted by atomic mass is 9.96. The Morgan fingerprint density at radius 2 is 2.21 bits per heavy atom. The molecule has 2 heterocycles. The van der Waals surface area contributed by atoms with Gasteiger partial charge >= 0.3 is 6.18 Å². The zero-order valence-corrected chi connectivity index (χ0v) is 10.5. The molecule has 0 bridgehead atoms. The molecule has 1 aromatic rings. The number of nitrogens with one attached hydrogen (secondary N) is 1. The van der Waals surface area contributed by atoms with Gasteiger partial charge in [-0.1, -0.05) is 6.92 Å². The number of alkyl halides is 3. The molecular weight excluding hydrogens is 263 g/mol. The van der Waals surface area contributed by atoms with Gasteiger partial charge in [0.05, 0.1) is 6.20 Å². The molecule has 0 saturated carbocycles. The predicted octanol–water partition coefficient (Wildman–Crippen LogP) is 1.17. The maximum absolute atomic E-state index is 12.7. The second-order valence-corrected chi connectivity index (χ2v) is 4.97. The lowest BCUT2D eigenvalue weighted by Gasteiger charge is -2.36. The van der Waals surface area contributed by atoms with Gasteiger partial charge in [-0.3, -0.25) is 9.89 Å². The Bertz CT molecular complexity index is 496. The van der Waals surface area contributed by atoms with Gasteiger partial charge in [0.1, 0.15) is 0 Å². The third-order valence-corrected chi connectivity index (χ3v) is 3.36. The van der Waals surface area contributed by atoms with Gasteiger partial charge in [-0.25, -0.2) is 0 Å². The third kappa shape index (κ3) is 2.20. The number of fused-ring (bicyclic) bond motifs is 1. The van der Waals surface area contributed by atoms with Crippen molar-refractivity contribution in [3.63, 3.8) is 0 Å². The second-order valence-electron chi connectivity index (χ2n) is 4.97. The van der Waals surface area contributed by atoms with Crippen molar-refractivity contribution in [2.75, 3.05) is 6.54 Å². The van der Waals surface area contributed by atoms with Gasteiger partial charge in [-0.2, -0.15) is 18.3 Å². The average molecular weight is 277 g/mol. The van der Waals surface area contributed by atoms with Crippen molar-refractivity contribution in [1.82, 2.24) is 15.1 Å². The van der Waals surface area contributed by atoms with Crippen molar-refractivity contribution >= 4 is 5.91 Å². The zero-order valence-electron chi connectivity index (χ0n) is 10.5. The highest BCUT2D eigenvalue weighted by atomic mass is 19.4. The van der Waals surface area contributed by atoms with Crippen LogP contribution in [0.2, 0.25) is 0 Å². The number of nitrogens with zero attached hydrogens (tertiary/aromatic N) is 2. The number of carbonyl (C=O) groups is 1. The second kappa shape index (κ2) is 4.22. The topological polar surface area (TPSA) is 69.2 Å². The number of rotatable bonds is 1. The smallest absolute Gasteiger partial charge is 0.373 e. The highest BCUT2D eigenvalue weighted by Gasteiger charge is 2.57. The number of halogens is 3. The first-order valence-electron chi connectivity index (χ1n) is 5.75. The lowest BCUT2D eigenvalue weighted by molar-refractivity contribution is -0.250. The van der Waals surface area contributed by atoms with Crippen LogP contribution < -0.4 is 0 Å². The Morgan fingerprint density at radius 3 is 2.79 bits per heavy atom. The van der Waals surface area contributed by atoms with Crippen LogP contribution in [0.5, 0.6) is 0 Å². The molecule has 1 aliphatic heterocycles. The molecule has 106 valence electrons. The number of aromatic nitrogens is 2. The van der Waals surface area contributed by atoms with E-state index in [9.17, 15) is 23.1 Å². The Hall–Kier alpha value is -1.57. The van der Waals surface area contributed by atoms with Crippen LogP contribution in [-0.4, -0.2) is 44.4 Å². The van der Waals surface area contributed by atoms with Crippen LogP contribution in [0, 0.1) is 0 Å². The van der Waals surface area contributed by atoms with Crippen molar-refractivity contribution in [3.05, 3.63) is 17.5 Å². The van der Waals surface area contributed by atoms with E-state index < -0.39 is 17.7 Å². The summed E-state index contributed by atoms with van der Waals surface area (Å²) in [5.74, 6) is -1.49. The largest absolute Gasteiger partial charge is 0.426 e. The molecule has 2 N–H and O–H groups in total. The lowest BCUT2D eigenvalue weighted by Crippen LogP contribution is -2.57. The number of hydrogen-bond acceptors (Lipinski definition) is 3. The SMILES string of the molecule is CC1CN(C(=O)C(C)(O)C(F)(F)F)Cc2cn[nH]c21. The molecule has 5 nitrogen and oxygen atoms in total. The summed E-state index contributed by atoms with van der Waals surface area (Å²) in [6.07, 6.45) is -3.52. The zero-order chi connectivity index (χ0) is 14.4. The highest BCUT2D eigenvalue weighted by Crippen LogP contribution is 2.34. The molecule has 0 saturated heterocycles. The van der Waals surface area contributed by atoms with Crippen LogP contribution in [0.1, 0.15) is 31.0 Å². The minimum Gasteiger partial charge on any atom is -0.373 e. The van der Waals surface area contributed by atoms with E-state index in [4.69, 9.17) is 0 Å². The fraction of sp³-hybridized carbons (Fsp3) is 0.636. The van der Waals surface area contributed by atoms with E-state index in [1.165, 1.54) is 6.20 Å². The number of aromatic amines is 1. The molecule has 1 amide bonds. The third-order valence-electron chi connectivity index (χ3n) is 3.36. The average Bonchev–Trinajstić information content (AvgIpc) is 2.74. The van der Waals surface area contributed by atoms with E-state index in [0.29, 0.717) is 12.5 Å². The van der Waals surface area contributed by atoms with Gasteiger partial charge in [0.15, 0.2) is 0 Å². The van der Waals surface area contributed by atoms with E-state index in [1.807, 2.05) is 0 Å². The molecule has 0 aromatic carbocycles. The fourth-order valence-corrected chi connectivity index (χ4v) is 2.15. The minimum atomic E-state index is -5.00. The van der Waals surface area contributed by atoms with E-state index >= 15 is 0 Å². The fourth-order valence-electron chi connectivity index (χ4n) is 2.15. The Labute approximate surface area is 107 Å². The van der Waals surface area contributed by atoms with Crippen molar-refractivity contribution in [2.45, 2.75) is 38.1 Å². The highest BCUT2D eigenvalue weighted by molar-refractivity contribution is 5.85. The number of hydrogen-bond donors (Lipinski definition) is 2. The van der Waals surface area contributed by atoms with Crippen LogP contribution >= 0.6 is 0 Å². The molecule has 1 aliphatic rings. The standard InChI is InChI=1S/C11H14F3N3O2/c1-6-4-17(5-7-3-15-16-8(6)7)9(18)10(2,19)11(12,13)14/h3,6,19H,4-5H2,1-2H3,(H,15,16). The maximum atomic E-state index is 12.7. The Balaban J connectivity index is 2.24. The molecule has 0 fully saturated rings. The van der Waals surface area contributed by atoms with E-state index in [2.05, 4.69) is 10.2 Å². The molecule has 0 radical (unpaired) electrons. The molecule has 2 rings (SSSR count). The quantitative estimate of drug-likeness (QED) is 0.809. The molecule has 1 aromatic heterocycles. The van der Waals surface area contributed by atoms with E-state index in [0.717, 1.165) is 10.6 Å². The first-order valence-corrected chi connectivity index (χ1v) is 5.75. The summed E-state index contributed by atoms with van der Waals surface area (Å²) in [6.45, 7) is 2.38.